The van der Waals surface area contributed by atoms with Gasteiger partial charge >= 0.3 is 5.97 Å². The Morgan fingerprint density at radius 3 is 2.62 bits per heavy atom. The number of benzene rings is 2. The van der Waals surface area contributed by atoms with Crippen molar-refractivity contribution < 1.29 is 32.9 Å². The molecule has 0 unspecified atom stereocenters. The Kier molecular flexibility index (Phi) is 5.36. The van der Waals surface area contributed by atoms with Crippen LogP contribution in [-0.2, 0) is 16.0 Å². The number of esters is 1. The monoisotopic (exact) mass is 360 g/mol. The zero-order chi connectivity index (χ0) is 18.5. The molecule has 1 aliphatic rings. The second-order valence-corrected chi connectivity index (χ2v) is 5.58. The molecule has 1 aliphatic heterocycles. The van der Waals surface area contributed by atoms with Gasteiger partial charge in [0.25, 0.3) is 0 Å². The molecule has 7 heteroatoms. The smallest absolute Gasteiger partial charge is 0.310 e. The second-order valence-electron chi connectivity index (χ2n) is 5.58. The molecule has 0 atom stereocenters. The topological polar surface area (TPSA) is 71.1 Å². The average Bonchev–Trinajstić information content (AvgIpc) is 2.66. The first kappa shape index (κ1) is 17.7. The van der Waals surface area contributed by atoms with Gasteiger partial charge in [0.2, 0.25) is 5.78 Å². The lowest BCUT2D eigenvalue weighted by atomic mass is 10.1. The number of Topliss-reactive ketones (excluding diaryl/α,β-unsaturated/α-hetero) is 1. The summed E-state index contributed by atoms with van der Waals surface area (Å²) in [6.45, 7) is 0.439. The number of fused-ring (bicyclic) bond motifs is 1. The van der Waals surface area contributed by atoms with E-state index < -0.39 is 24.2 Å². The lowest BCUT2D eigenvalue weighted by molar-refractivity contribution is -0.141. The first-order chi connectivity index (χ1) is 12.6. The molecule has 2 aromatic rings. The van der Waals surface area contributed by atoms with E-state index >= 15 is 0 Å². The van der Waals surface area contributed by atoms with Gasteiger partial charge in [-0.15, -0.1) is 0 Å². The van der Waals surface area contributed by atoms with Crippen molar-refractivity contribution >= 4 is 11.8 Å². The highest BCUT2D eigenvalue weighted by Crippen LogP contribution is 2.30. The van der Waals surface area contributed by atoms with Crippen LogP contribution in [0.2, 0.25) is 0 Å². The Morgan fingerprint density at radius 1 is 1.08 bits per heavy atom. The average molecular weight is 360 g/mol. The van der Waals surface area contributed by atoms with E-state index in [1.807, 2.05) is 0 Å². The predicted molar refractivity (Wildman–Crippen MR) is 89.4 cm³/mol. The maximum Gasteiger partial charge on any atom is 0.310 e. The molecule has 0 radical (unpaired) electrons. The van der Waals surface area contributed by atoms with E-state index in [0.717, 1.165) is 6.07 Å². The number of hydrogen-bond donors (Lipinski definition) is 0. The second kappa shape index (κ2) is 7.86. The fraction of sp³-hybridized carbons (Fsp3) is 0.263. The van der Waals surface area contributed by atoms with E-state index in [2.05, 4.69) is 0 Å². The first-order valence-electron chi connectivity index (χ1n) is 7.97. The van der Waals surface area contributed by atoms with Gasteiger partial charge in [0.1, 0.15) is 24.8 Å². The van der Waals surface area contributed by atoms with Crippen LogP contribution in [0, 0.1) is 5.82 Å². The van der Waals surface area contributed by atoms with Crippen LogP contribution < -0.4 is 14.2 Å². The highest BCUT2D eigenvalue weighted by Gasteiger charge is 2.17. The summed E-state index contributed by atoms with van der Waals surface area (Å²) in [5.41, 5.74) is 0.703. The summed E-state index contributed by atoms with van der Waals surface area (Å²) < 4.78 is 34.2. The third-order valence-corrected chi connectivity index (χ3v) is 3.78. The Balaban J connectivity index is 1.59. The number of methoxy groups -OCH3 is 1. The molecule has 1 heterocycles. The highest BCUT2D eigenvalue weighted by atomic mass is 19.1. The summed E-state index contributed by atoms with van der Waals surface area (Å²) in [6, 6.07) is 8.73. The number of hydrogen-bond acceptors (Lipinski definition) is 6. The lowest BCUT2D eigenvalue weighted by Crippen LogP contribution is -2.17. The van der Waals surface area contributed by atoms with Crippen LogP contribution in [0.1, 0.15) is 15.9 Å². The van der Waals surface area contributed by atoms with Crippen LogP contribution in [0.15, 0.2) is 36.4 Å². The fourth-order valence-electron chi connectivity index (χ4n) is 2.54. The van der Waals surface area contributed by atoms with Crippen molar-refractivity contribution in [1.29, 1.82) is 0 Å². The third-order valence-electron chi connectivity index (χ3n) is 3.78. The molecule has 0 N–H and O–H groups in total. The van der Waals surface area contributed by atoms with Crippen molar-refractivity contribution in [2.45, 2.75) is 6.42 Å². The maximum absolute atomic E-state index is 13.3. The van der Waals surface area contributed by atoms with Crippen LogP contribution in [-0.4, -0.2) is 38.7 Å². The zero-order valence-electron chi connectivity index (χ0n) is 14.1. The van der Waals surface area contributed by atoms with E-state index in [1.165, 1.54) is 19.2 Å². The van der Waals surface area contributed by atoms with Gasteiger partial charge in [0, 0.05) is 0 Å². The van der Waals surface area contributed by atoms with Crippen molar-refractivity contribution in [2.24, 2.45) is 0 Å². The Morgan fingerprint density at radius 2 is 1.85 bits per heavy atom. The van der Waals surface area contributed by atoms with E-state index in [0.29, 0.717) is 30.3 Å². The quantitative estimate of drug-likeness (QED) is 0.582. The van der Waals surface area contributed by atoms with Crippen molar-refractivity contribution in [1.82, 2.24) is 0 Å². The molecule has 0 aromatic heterocycles. The van der Waals surface area contributed by atoms with Gasteiger partial charge in [-0.25, -0.2) is 4.39 Å². The molecule has 0 amide bonds. The van der Waals surface area contributed by atoms with Gasteiger partial charge in [0.05, 0.1) is 19.1 Å². The molecule has 136 valence electrons. The number of carbonyl (C=O) groups excluding carboxylic acids is 2. The van der Waals surface area contributed by atoms with Crippen LogP contribution in [0.5, 0.6) is 17.2 Å². The molecule has 3 rings (SSSR count). The predicted octanol–water partition coefficient (Wildman–Crippen LogP) is 2.57. The summed E-state index contributed by atoms with van der Waals surface area (Å²) >= 11 is 0. The molecular formula is C19H17FO6. The first-order valence-corrected chi connectivity index (χ1v) is 7.97. The Hall–Kier alpha value is -3.09. The molecule has 0 saturated heterocycles. The summed E-state index contributed by atoms with van der Waals surface area (Å²) in [4.78, 5) is 24.2. The van der Waals surface area contributed by atoms with Crippen molar-refractivity contribution in [3.8, 4) is 17.2 Å². The number of halogens is 1. The van der Waals surface area contributed by atoms with Gasteiger partial charge in [-0.05, 0) is 35.9 Å². The van der Waals surface area contributed by atoms with Gasteiger partial charge in [-0.1, -0.05) is 6.07 Å². The van der Waals surface area contributed by atoms with Gasteiger partial charge in [-0.3, -0.25) is 9.59 Å². The Bertz CT molecular complexity index is 833. The molecular weight excluding hydrogens is 343 g/mol. The minimum Gasteiger partial charge on any atom is -0.496 e. The number of ether oxygens (including phenoxy) is 4. The van der Waals surface area contributed by atoms with Crippen molar-refractivity contribution in [2.75, 3.05) is 26.9 Å². The summed E-state index contributed by atoms with van der Waals surface area (Å²) in [6.07, 6.45) is -0.0236. The van der Waals surface area contributed by atoms with E-state index in [9.17, 15) is 14.0 Å². The fourth-order valence-corrected chi connectivity index (χ4v) is 2.54. The summed E-state index contributed by atoms with van der Waals surface area (Å²) in [5, 5.41) is 0. The largest absolute Gasteiger partial charge is 0.496 e. The minimum absolute atomic E-state index is 0.0236. The summed E-state index contributed by atoms with van der Waals surface area (Å²) in [7, 11) is 1.37. The van der Waals surface area contributed by atoms with Crippen LogP contribution in [0.25, 0.3) is 0 Å². The number of ketones is 1. The molecule has 0 saturated carbocycles. The normalized spacial score (nSPS) is 12.4. The Labute approximate surface area is 149 Å². The van der Waals surface area contributed by atoms with Crippen LogP contribution in [0.3, 0.4) is 0 Å². The standard InChI is InChI=1S/C19H17FO6/c1-23-16-5-3-13(20)10-14(16)15(21)11-26-19(22)9-12-2-4-17-18(8-12)25-7-6-24-17/h2-5,8,10H,6-7,9,11H2,1H3. The number of carbonyl (C=O) groups is 2. The molecule has 6 nitrogen and oxygen atoms in total. The maximum atomic E-state index is 13.3. The van der Waals surface area contributed by atoms with Gasteiger partial charge in [-0.2, -0.15) is 0 Å². The molecule has 26 heavy (non-hydrogen) atoms. The molecule has 0 fully saturated rings. The summed E-state index contributed by atoms with van der Waals surface area (Å²) in [5.74, 6) is -0.276. The molecule has 0 aliphatic carbocycles. The van der Waals surface area contributed by atoms with Crippen molar-refractivity contribution in [3.63, 3.8) is 0 Å². The SMILES string of the molecule is COc1ccc(F)cc1C(=O)COC(=O)Cc1ccc2c(c1)OCCO2. The van der Waals surface area contributed by atoms with Crippen molar-refractivity contribution in [3.05, 3.63) is 53.3 Å². The van der Waals surface area contributed by atoms with E-state index in [4.69, 9.17) is 18.9 Å². The van der Waals surface area contributed by atoms with Crippen LogP contribution in [0.4, 0.5) is 4.39 Å². The highest BCUT2D eigenvalue weighted by molar-refractivity contribution is 6.00. The third kappa shape index (κ3) is 4.11. The zero-order valence-corrected chi connectivity index (χ0v) is 14.1. The van der Waals surface area contributed by atoms with E-state index in [1.54, 1.807) is 18.2 Å². The van der Waals surface area contributed by atoms with Gasteiger partial charge in [0.15, 0.2) is 18.1 Å². The number of rotatable bonds is 6. The van der Waals surface area contributed by atoms with Crippen LogP contribution >= 0.6 is 0 Å². The lowest BCUT2D eigenvalue weighted by Gasteiger charge is -2.18. The molecule has 0 bridgehead atoms. The molecule has 0 spiro atoms. The van der Waals surface area contributed by atoms with E-state index in [-0.39, 0.29) is 17.7 Å². The molecule has 2 aromatic carbocycles. The minimum atomic E-state index is -0.578. The van der Waals surface area contributed by atoms with Gasteiger partial charge < -0.3 is 18.9 Å².